The highest BCUT2D eigenvalue weighted by molar-refractivity contribution is 8.00. The molecule has 0 aliphatic heterocycles. The van der Waals surface area contributed by atoms with Crippen molar-refractivity contribution in [1.82, 2.24) is 5.32 Å². The smallest absolute Gasteiger partial charge is 0.230 e. The van der Waals surface area contributed by atoms with Gasteiger partial charge in [-0.2, -0.15) is 0 Å². The minimum absolute atomic E-state index is 0.0638. The van der Waals surface area contributed by atoms with Gasteiger partial charge in [0, 0.05) is 17.1 Å². The van der Waals surface area contributed by atoms with Crippen LogP contribution in [0.1, 0.15) is 11.1 Å². The Morgan fingerprint density at radius 1 is 1.24 bits per heavy atom. The first kappa shape index (κ1) is 15.4. The van der Waals surface area contributed by atoms with Crippen molar-refractivity contribution in [1.29, 1.82) is 0 Å². The van der Waals surface area contributed by atoms with Crippen molar-refractivity contribution in [2.75, 3.05) is 11.5 Å². The fourth-order valence-electron chi connectivity index (χ4n) is 1.77. The summed E-state index contributed by atoms with van der Waals surface area (Å²) in [6.45, 7) is 2.38. The molecular weight excluding hydrogens is 287 g/mol. The molecule has 110 valence electrons. The molecule has 0 heterocycles. The standard InChI is InChI=1S/C16H17FN2OS/c1-11-2-7-14(18)8-15(11)21-10-16(20)19-9-12-3-5-13(17)6-4-12/h2-8H,9-10,18H2,1H3,(H,19,20). The van der Waals surface area contributed by atoms with E-state index in [0.29, 0.717) is 18.0 Å². The Morgan fingerprint density at radius 2 is 1.95 bits per heavy atom. The monoisotopic (exact) mass is 304 g/mol. The van der Waals surface area contributed by atoms with Gasteiger partial charge >= 0.3 is 0 Å². The van der Waals surface area contributed by atoms with E-state index in [1.807, 2.05) is 25.1 Å². The lowest BCUT2D eigenvalue weighted by molar-refractivity contribution is -0.118. The Bertz CT molecular complexity index is 629. The molecule has 0 atom stereocenters. The van der Waals surface area contributed by atoms with Gasteiger partial charge in [-0.25, -0.2) is 4.39 Å². The molecule has 0 fully saturated rings. The second-order valence-electron chi connectivity index (χ2n) is 4.72. The average Bonchev–Trinajstić information content (AvgIpc) is 2.47. The molecule has 3 N–H and O–H groups in total. The summed E-state index contributed by atoms with van der Waals surface area (Å²) in [6.07, 6.45) is 0. The van der Waals surface area contributed by atoms with Crippen LogP contribution < -0.4 is 11.1 Å². The summed E-state index contributed by atoms with van der Waals surface area (Å²) in [5.74, 6) is -0.0187. The number of amides is 1. The normalized spacial score (nSPS) is 10.4. The van der Waals surface area contributed by atoms with Gasteiger partial charge in [0.25, 0.3) is 0 Å². The maximum atomic E-state index is 12.8. The van der Waals surface area contributed by atoms with Gasteiger partial charge < -0.3 is 11.1 Å². The third kappa shape index (κ3) is 4.79. The zero-order valence-corrected chi connectivity index (χ0v) is 12.5. The second kappa shape index (κ2) is 7.13. The van der Waals surface area contributed by atoms with E-state index in [1.54, 1.807) is 12.1 Å². The van der Waals surface area contributed by atoms with Crippen molar-refractivity contribution in [3.63, 3.8) is 0 Å². The number of carbonyl (C=O) groups excluding carboxylic acids is 1. The molecular formula is C16H17FN2OS. The highest BCUT2D eigenvalue weighted by Crippen LogP contribution is 2.24. The molecule has 2 aromatic carbocycles. The van der Waals surface area contributed by atoms with Gasteiger partial charge in [0.2, 0.25) is 5.91 Å². The first-order chi connectivity index (χ1) is 10.0. The van der Waals surface area contributed by atoms with Gasteiger partial charge in [0.1, 0.15) is 5.82 Å². The van der Waals surface area contributed by atoms with E-state index in [4.69, 9.17) is 5.73 Å². The number of aryl methyl sites for hydroxylation is 1. The molecule has 21 heavy (non-hydrogen) atoms. The van der Waals surface area contributed by atoms with E-state index in [1.165, 1.54) is 23.9 Å². The lowest BCUT2D eigenvalue weighted by Crippen LogP contribution is -2.24. The summed E-state index contributed by atoms with van der Waals surface area (Å²) < 4.78 is 12.8. The Morgan fingerprint density at radius 3 is 2.67 bits per heavy atom. The van der Waals surface area contributed by atoms with Crippen LogP contribution in [-0.2, 0) is 11.3 Å². The van der Waals surface area contributed by atoms with Crippen LogP contribution in [0.4, 0.5) is 10.1 Å². The van der Waals surface area contributed by atoms with Crippen LogP contribution >= 0.6 is 11.8 Å². The Labute approximate surface area is 127 Å². The molecule has 0 saturated heterocycles. The van der Waals surface area contributed by atoms with Crippen LogP contribution in [0.15, 0.2) is 47.4 Å². The molecule has 3 nitrogen and oxygen atoms in total. The largest absolute Gasteiger partial charge is 0.399 e. The average molecular weight is 304 g/mol. The summed E-state index contributed by atoms with van der Waals surface area (Å²) in [5.41, 5.74) is 8.39. The van der Waals surface area contributed by atoms with Crippen molar-refractivity contribution in [3.05, 3.63) is 59.4 Å². The molecule has 0 aliphatic carbocycles. The number of nitrogens with two attached hydrogens (primary N) is 1. The van der Waals surface area contributed by atoms with Crippen LogP contribution in [0.5, 0.6) is 0 Å². The van der Waals surface area contributed by atoms with Gasteiger partial charge in [0.15, 0.2) is 0 Å². The SMILES string of the molecule is Cc1ccc(N)cc1SCC(=O)NCc1ccc(F)cc1. The van der Waals surface area contributed by atoms with E-state index >= 15 is 0 Å². The fraction of sp³-hybridized carbons (Fsp3) is 0.188. The number of thioether (sulfide) groups is 1. The minimum Gasteiger partial charge on any atom is -0.399 e. The molecule has 0 saturated carbocycles. The predicted octanol–water partition coefficient (Wildman–Crippen LogP) is 3.12. The summed E-state index contributed by atoms with van der Waals surface area (Å²) in [4.78, 5) is 12.8. The van der Waals surface area contributed by atoms with Crippen molar-refractivity contribution in [2.24, 2.45) is 0 Å². The van der Waals surface area contributed by atoms with Crippen LogP contribution in [0.3, 0.4) is 0 Å². The quantitative estimate of drug-likeness (QED) is 0.659. The predicted molar refractivity (Wildman–Crippen MR) is 84.6 cm³/mol. The molecule has 0 radical (unpaired) electrons. The van der Waals surface area contributed by atoms with Gasteiger partial charge in [0.05, 0.1) is 5.75 Å². The number of hydrogen-bond donors (Lipinski definition) is 2. The summed E-state index contributed by atoms with van der Waals surface area (Å²) in [6, 6.07) is 11.7. The van der Waals surface area contributed by atoms with Crippen LogP contribution in [0, 0.1) is 12.7 Å². The Hall–Kier alpha value is -2.01. The molecule has 0 unspecified atom stereocenters. The molecule has 2 aromatic rings. The van der Waals surface area contributed by atoms with E-state index < -0.39 is 0 Å². The summed E-state index contributed by atoms with van der Waals surface area (Å²) >= 11 is 1.45. The van der Waals surface area contributed by atoms with Crippen molar-refractivity contribution in [3.8, 4) is 0 Å². The number of hydrogen-bond acceptors (Lipinski definition) is 3. The molecule has 1 amide bonds. The fourth-order valence-corrected chi connectivity index (χ4v) is 2.67. The topological polar surface area (TPSA) is 55.1 Å². The minimum atomic E-state index is -0.280. The van der Waals surface area contributed by atoms with E-state index in [2.05, 4.69) is 5.32 Å². The molecule has 2 rings (SSSR count). The number of nitrogen functional groups attached to an aromatic ring is 1. The molecule has 0 bridgehead atoms. The molecule has 0 aromatic heterocycles. The van der Waals surface area contributed by atoms with Gasteiger partial charge in [-0.3, -0.25) is 4.79 Å². The first-order valence-corrected chi connectivity index (χ1v) is 7.53. The lowest BCUT2D eigenvalue weighted by Gasteiger charge is -2.08. The van der Waals surface area contributed by atoms with Crippen LogP contribution in [-0.4, -0.2) is 11.7 Å². The molecule has 5 heteroatoms. The zero-order valence-electron chi connectivity index (χ0n) is 11.7. The zero-order chi connectivity index (χ0) is 15.2. The maximum Gasteiger partial charge on any atom is 0.230 e. The number of carbonyl (C=O) groups is 1. The van der Waals surface area contributed by atoms with Gasteiger partial charge in [-0.15, -0.1) is 11.8 Å². The highest BCUT2D eigenvalue weighted by atomic mass is 32.2. The number of rotatable bonds is 5. The Balaban J connectivity index is 1.82. The van der Waals surface area contributed by atoms with Gasteiger partial charge in [-0.1, -0.05) is 18.2 Å². The number of nitrogens with one attached hydrogen (secondary N) is 1. The van der Waals surface area contributed by atoms with E-state index in [0.717, 1.165) is 16.0 Å². The maximum absolute atomic E-state index is 12.8. The van der Waals surface area contributed by atoms with Crippen molar-refractivity contribution < 1.29 is 9.18 Å². The molecule has 0 aliphatic rings. The van der Waals surface area contributed by atoms with Crippen molar-refractivity contribution in [2.45, 2.75) is 18.4 Å². The summed E-state index contributed by atoms with van der Waals surface area (Å²) in [5, 5.41) is 2.81. The first-order valence-electron chi connectivity index (χ1n) is 6.54. The van der Waals surface area contributed by atoms with Crippen molar-refractivity contribution >= 4 is 23.4 Å². The lowest BCUT2D eigenvalue weighted by atomic mass is 10.2. The third-order valence-corrected chi connectivity index (χ3v) is 4.13. The number of benzene rings is 2. The summed E-state index contributed by atoms with van der Waals surface area (Å²) in [7, 11) is 0. The number of anilines is 1. The highest BCUT2D eigenvalue weighted by Gasteiger charge is 2.05. The Kier molecular flexibility index (Phi) is 5.22. The second-order valence-corrected chi connectivity index (χ2v) is 5.73. The van der Waals surface area contributed by atoms with E-state index in [-0.39, 0.29) is 11.7 Å². The van der Waals surface area contributed by atoms with Gasteiger partial charge in [-0.05, 0) is 42.3 Å². The molecule has 0 spiro atoms. The third-order valence-electron chi connectivity index (χ3n) is 2.97. The van der Waals surface area contributed by atoms with Crippen LogP contribution in [0.25, 0.3) is 0 Å². The van der Waals surface area contributed by atoms with E-state index in [9.17, 15) is 9.18 Å². The van der Waals surface area contributed by atoms with Crippen LogP contribution in [0.2, 0.25) is 0 Å². The number of halogens is 1.